The molecule has 0 aliphatic rings. The SMILES string of the molecule is [18O]=Cc1ccccc1Cn1cnc2ccccc21. The van der Waals surface area contributed by atoms with Gasteiger partial charge in [0.25, 0.3) is 0 Å². The lowest BCUT2D eigenvalue weighted by Gasteiger charge is -2.06. The van der Waals surface area contributed by atoms with Crippen molar-refractivity contribution in [1.29, 1.82) is 0 Å². The summed E-state index contributed by atoms with van der Waals surface area (Å²) in [6.45, 7) is 0.662. The minimum atomic E-state index is 0.662. The number of fused-ring (bicyclic) bond motifs is 1. The number of aromatic nitrogens is 2. The standard InChI is InChI=1S/C15H12N2O/c18-10-13-6-2-1-5-12(13)9-17-11-16-14-7-3-4-8-15(14)17/h1-8,10-11H,9H2/i18+2. The van der Waals surface area contributed by atoms with E-state index in [0.29, 0.717) is 6.54 Å². The summed E-state index contributed by atoms with van der Waals surface area (Å²) >= 11 is 0. The molecule has 2 aromatic carbocycles. The second-order valence-electron chi connectivity index (χ2n) is 4.18. The molecule has 0 fully saturated rings. The average Bonchev–Trinajstić information content (AvgIpc) is 2.83. The summed E-state index contributed by atoms with van der Waals surface area (Å²) < 4.78 is 2.05. The highest BCUT2D eigenvalue weighted by Gasteiger charge is 2.05. The van der Waals surface area contributed by atoms with Gasteiger partial charge in [-0.3, -0.25) is 4.79 Å². The first kappa shape index (κ1) is 10.7. The molecule has 1 heterocycles. The molecule has 3 nitrogen and oxygen atoms in total. The maximum absolute atomic E-state index is 11.0. The van der Waals surface area contributed by atoms with E-state index >= 15 is 0 Å². The molecule has 0 radical (unpaired) electrons. The van der Waals surface area contributed by atoms with Crippen LogP contribution in [0, 0.1) is 0 Å². The van der Waals surface area contributed by atoms with Crippen LogP contribution in [0.25, 0.3) is 11.0 Å². The molecule has 1 aromatic heterocycles. The number of imidazole rings is 1. The van der Waals surface area contributed by atoms with Crippen LogP contribution >= 0.6 is 0 Å². The summed E-state index contributed by atoms with van der Waals surface area (Å²) in [7, 11) is 0. The molecule has 0 spiro atoms. The first-order chi connectivity index (χ1) is 8.88. The van der Waals surface area contributed by atoms with Crippen molar-refractivity contribution in [3.8, 4) is 0 Å². The zero-order valence-corrected chi connectivity index (χ0v) is 9.78. The maximum atomic E-state index is 11.0. The van der Waals surface area contributed by atoms with Gasteiger partial charge in [-0.15, -0.1) is 0 Å². The topological polar surface area (TPSA) is 34.9 Å². The first-order valence-electron chi connectivity index (χ1n) is 5.81. The van der Waals surface area contributed by atoms with Gasteiger partial charge >= 0.3 is 0 Å². The van der Waals surface area contributed by atoms with E-state index in [1.807, 2.05) is 54.9 Å². The molecule has 0 aliphatic carbocycles. The molecule has 0 bridgehead atoms. The smallest absolute Gasteiger partial charge is 0.150 e. The molecule has 0 aliphatic heterocycles. The number of rotatable bonds is 3. The van der Waals surface area contributed by atoms with E-state index in [1.165, 1.54) is 0 Å². The lowest BCUT2D eigenvalue weighted by molar-refractivity contribution is 0.112. The summed E-state index contributed by atoms with van der Waals surface area (Å²) in [5.74, 6) is 0. The van der Waals surface area contributed by atoms with Gasteiger partial charge in [0, 0.05) is 12.1 Å². The summed E-state index contributed by atoms with van der Waals surface area (Å²) in [4.78, 5) is 15.3. The molecule has 0 unspecified atom stereocenters. The lowest BCUT2D eigenvalue weighted by Crippen LogP contribution is -2.01. The van der Waals surface area contributed by atoms with Crippen LogP contribution < -0.4 is 0 Å². The summed E-state index contributed by atoms with van der Waals surface area (Å²) in [5, 5.41) is 0. The zero-order valence-electron chi connectivity index (χ0n) is 9.78. The van der Waals surface area contributed by atoms with Crippen molar-refractivity contribution in [3.05, 3.63) is 66.0 Å². The highest BCUT2D eigenvalue weighted by molar-refractivity contribution is 5.78. The Morgan fingerprint density at radius 3 is 2.72 bits per heavy atom. The van der Waals surface area contributed by atoms with E-state index in [4.69, 9.17) is 0 Å². The van der Waals surface area contributed by atoms with Gasteiger partial charge < -0.3 is 4.57 Å². The van der Waals surface area contributed by atoms with E-state index in [0.717, 1.165) is 28.4 Å². The lowest BCUT2D eigenvalue weighted by atomic mass is 10.1. The van der Waals surface area contributed by atoms with E-state index < -0.39 is 0 Å². The van der Waals surface area contributed by atoms with Crippen molar-refractivity contribution in [2.24, 2.45) is 0 Å². The fourth-order valence-corrected chi connectivity index (χ4v) is 2.11. The average molecular weight is 238 g/mol. The monoisotopic (exact) mass is 238 g/mol. The van der Waals surface area contributed by atoms with Gasteiger partial charge in [-0.05, 0) is 17.7 Å². The van der Waals surface area contributed by atoms with Gasteiger partial charge in [0.1, 0.15) is 6.29 Å². The number of carbonyl (C=O) groups is 1. The fourth-order valence-electron chi connectivity index (χ4n) is 2.11. The van der Waals surface area contributed by atoms with Gasteiger partial charge in [0.2, 0.25) is 0 Å². The molecule has 0 amide bonds. The predicted octanol–water partition coefficient (Wildman–Crippen LogP) is 2.90. The van der Waals surface area contributed by atoms with E-state index in [1.54, 1.807) is 0 Å². The number of aldehydes is 1. The molecular weight excluding hydrogens is 226 g/mol. The summed E-state index contributed by atoms with van der Waals surface area (Å²) in [5.41, 5.74) is 3.80. The van der Waals surface area contributed by atoms with Crippen molar-refractivity contribution >= 4 is 17.3 Å². The number of nitrogens with zero attached hydrogens (tertiary/aromatic N) is 2. The van der Waals surface area contributed by atoms with Crippen LogP contribution in [0.2, 0.25) is 0 Å². The Morgan fingerprint density at radius 2 is 1.83 bits per heavy atom. The van der Waals surface area contributed by atoms with Crippen LogP contribution in [0.1, 0.15) is 15.9 Å². The molecule has 3 rings (SSSR count). The molecule has 3 heteroatoms. The largest absolute Gasteiger partial charge is 0.326 e. The van der Waals surface area contributed by atoms with Crippen molar-refractivity contribution < 1.29 is 4.79 Å². The molecule has 0 saturated carbocycles. The summed E-state index contributed by atoms with van der Waals surface area (Å²) in [6.07, 6.45) is 2.71. The van der Waals surface area contributed by atoms with Crippen molar-refractivity contribution in [1.82, 2.24) is 9.55 Å². The Labute approximate surface area is 105 Å². The van der Waals surface area contributed by atoms with Crippen LogP contribution in [0.4, 0.5) is 0 Å². The van der Waals surface area contributed by atoms with E-state index in [9.17, 15) is 4.79 Å². The Hall–Kier alpha value is -2.42. The van der Waals surface area contributed by atoms with Gasteiger partial charge in [0.15, 0.2) is 0 Å². The number of hydrogen-bond acceptors (Lipinski definition) is 2. The first-order valence-corrected chi connectivity index (χ1v) is 5.81. The Morgan fingerprint density at radius 1 is 1.06 bits per heavy atom. The second kappa shape index (κ2) is 4.45. The fraction of sp³-hybridized carbons (Fsp3) is 0.0667. The molecule has 0 N–H and O–H groups in total. The molecule has 0 saturated heterocycles. The zero-order chi connectivity index (χ0) is 12.4. The highest BCUT2D eigenvalue weighted by Crippen LogP contribution is 2.15. The third-order valence-electron chi connectivity index (χ3n) is 3.05. The Balaban J connectivity index is 2.04. The number of benzene rings is 2. The van der Waals surface area contributed by atoms with Crippen LogP contribution in [-0.2, 0) is 6.54 Å². The molecule has 88 valence electrons. The minimum Gasteiger partial charge on any atom is -0.326 e. The normalized spacial score (nSPS) is 10.7. The van der Waals surface area contributed by atoms with Gasteiger partial charge in [-0.1, -0.05) is 36.4 Å². The predicted molar refractivity (Wildman–Crippen MR) is 70.7 cm³/mol. The van der Waals surface area contributed by atoms with Gasteiger partial charge in [-0.2, -0.15) is 0 Å². The minimum absolute atomic E-state index is 0.662. The molecule has 0 atom stereocenters. The summed E-state index contributed by atoms with van der Waals surface area (Å²) in [6, 6.07) is 15.6. The third kappa shape index (κ3) is 1.80. The molecule has 18 heavy (non-hydrogen) atoms. The van der Waals surface area contributed by atoms with Crippen LogP contribution in [-0.4, -0.2) is 15.8 Å². The van der Waals surface area contributed by atoms with Crippen LogP contribution in [0.3, 0.4) is 0 Å². The number of hydrogen-bond donors (Lipinski definition) is 0. The van der Waals surface area contributed by atoms with Gasteiger partial charge in [0.05, 0.1) is 17.4 Å². The van der Waals surface area contributed by atoms with E-state index in [-0.39, 0.29) is 0 Å². The van der Waals surface area contributed by atoms with E-state index in [2.05, 4.69) is 9.55 Å². The molecule has 3 aromatic rings. The maximum Gasteiger partial charge on any atom is 0.150 e. The highest BCUT2D eigenvalue weighted by atomic mass is 18.1. The number of carbonyl (C=O) groups excluding carboxylic acids is 1. The Bertz CT molecular complexity index is 700. The van der Waals surface area contributed by atoms with Crippen LogP contribution in [0.5, 0.6) is 0 Å². The number of para-hydroxylation sites is 2. The quantitative estimate of drug-likeness (QED) is 0.519. The Kier molecular flexibility index (Phi) is 2.65. The third-order valence-corrected chi connectivity index (χ3v) is 3.05. The van der Waals surface area contributed by atoms with Crippen molar-refractivity contribution in [2.45, 2.75) is 6.54 Å². The van der Waals surface area contributed by atoms with Crippen LogP contribution in [0.15, 0.2) is 54.9 Å². The van der Waals surface area contributed by atoms with Crippen molar-refractivity contribution in [3.63, 3.8) is 0 Å². The molecular formula is C15H12N2O. The van der Waals surface area contributed by atoms with Gasteiger partial charge in [-0.25, -0.2) is 4.98 Å². The van der Waals surface area contributed by atoms with Crippen molar-refractivity contribution in [2.75, 3.05) is 0 Å². The second-order valence-corrected chi connectivity index (χ2v) is 4.18.